The Balaban J connectivity index is 1.68. The van der Waals surface area contributed by atoms with Gasteiger partial charge in [-0.1, -0.05) is 53.5 Å². The molecule has 5 aromatic rings. The number of alkyl halides is 1. The summed E-state index contributed by atoms with van der Waals surface area (Å²) in [7, 11) is 3.72. The van der Waals surface area contributed by atoms with Gasteiger partial charge in [-0.15, -0.1) is 11.6 Å². The van der Waals surface area contributed by atoms with Gasteiger partial charge in [-0.2, -0.15) is 0 Å². The first kappa shape index (κ1) is 24.6. The molecule has 0 spiro atoms. The van der Waals surface area contributed by atoms with Crippen molar-refractivity contribution in [2.75, 3.05) is 0 Å². The number of benzene rings is 3. The molecule has 0 aliphatic rings. The van der Waals surface area contributed by atoms with Crippen LogP contribution in [-0.2, 0) is 31.8 Å². The molecule has 0 fully saturated rings. The lowest BCUT2D eigenvalue weighted by Gasteiger charge is -2.29. The predicted molar refractivity (Wildman–Crippen MR) is 148 cm³/mol. The van der Waals surface area contributed by atoms with Crippen molar-refractivity contribution >= 4 is 45.7 Å². The van der Waals surface area contributed by atoms with Crippen LogP contribution in [0.4, 0.5) is 0 Å². The maximum atomic E-state index is 12.8. The van der Waals surface area contributed by atoms with Crippen LogP contribution in [0.25, 0.3) is 10.9 Å². The van der Waals surface area contributed by atoms with E-state index in [0.717, 1.165) is 45.3 Å². The average molecular weight is 537 g/mol. The van der Waals surface area contributed by atoms with Gasteiger partial charge in [0.05, 0.1) is 23.7 Å². The third kappa shape index (κ3) is 4.45. The summed E-state index contributed by atoms with van der Waals surface area (Å²) in [6.07, 6.45) is 4.98. The quantitative estimate of drug-likeness (QED) is 0.222. The topological polar surface area (TPSA) is 39.8 Å². The van der Waals surface area contributed by atoms with Crippen molar-refractivity contribution in [3.63, 3.8) is 0 Å². The second-order valence-corrected chi connectivity index (χ2v) is 10.4. The first-order valence-electron chi connectivity index (χ1n) is 11.6. The van der Waals surface area contributed by atoms with Gasteiger partial charge in [0.2, 0.25) is 0 Å². The Morgan fingerprint density at radius 3 is 2.31 bits per heavy atom. The number of halogens is 3. The molecule has 0 radical (unpaired) electrons. The summed E-state index contributed by atoms with van der Waals surface area (Å²) in [5.41, 5.74) is 5.48. The van der Waals surface area contributed by atoms with E-state index < -0.39 is 4.87 Å². The molecule has 3 aromatic carbocycles. The van der Waals surface area contributed by atoms with Crippen molar-refractivity contribution in [1.29, 1.82) is 0 Å². The number of pyridine rings is 1. The Kier molecular flexibility index (Phi) is 6.69. The van der Waals surface area contributed by atoms with Crippen LogP contribution in [0.1, 0.15) is 27.9 Å². The SMILES string of the molecule is Cn1cncc1C(Cl)(c1ccc(Cl)cc1)c1ccc2c(c1)c(CCc1cccc(Cl)c1)cc(=O)n2C. The monoisotopic (exact) mass is 535 g/mol. The number of aryl methyl sites for hydroxylation is 4. The summed E-state index contributed by atoms with van der Waals surface area (Å²) < 4.78 is 3.59. The number of aromatic nitrogens is 3. The smallest absolute Gasteiger partial charge is 0.251 e. The molecule has 182 valence electrons. The van der Waals surface area contributed by atoms with Crippen LogP contribution in [0, 0.1) is 0 Å². The number of hydrogen-bond donors (Lipinski definition) is 0. The summed E-state index contributed by atoms with van der Waals surface area (Å²) in [6, 6.07) is 23.1. The third-order valence-electron chi connectivity index (χ3n) is 6.71. The molecule has 0 amide bonds. The Bertz CT molecular complexity index is 1620. The second kappa shape index (κ2) is 9.78. The molecule has 0 aliphatic carbocycles. The number of fused-ring (bicyclic) bond motifs is 1. The van der Waals surface area contributed by atoms with Crippen LogP contribution in [0.5, 0.6) is 0 Å². The van der Waals surface area contributed by atoms with Crippen LogP contribution >= 0.6 is 34.8 Å². The standard InChI is InChI=1S/C29H24Cl3N3O/c1-34-18-33-17-27(34)29(32,21-8-11-23(30)12-9-21)22-10-13-26-25(16-22)20(15-28(36)35(26)2)7-6-19-4-3-5-24(31)14-19/h3-5,8-18H,6-7H2,1-2H3. The number of imidazole rings is 1. The summed E-state index contributed by atoms with van der Waals surface area (Å²) in [5.74, 6) is 0. The van der Waals surface area contributed by atoms with Crippen molar-refractivity contribution in [2.24, 2.45) is 14.1 Å². The van der Waals surface area contributed by atoms with E-state index in [1.165, 1.54) is 0 Å². The molecular formula is C29H24Cl3N3O. The van der Waals surface area contributed by atoms with E-state index in [2.05, 4.69) is 11.1 Å². The van der Waals surface area contributed by atoms with Crippen molar-refractivity contribution < 1.29 is 0 Å². The molecule has 1 atom stereocenters. The zero-order valence-electron chi connectivity index (χ0n) is 19.9. The molecule has 0 bridgehead atoms. The predicted octanol–water partition coefficient (Wildman–Crippen LogP) is 6.89. The number of rotatable bonds is 6. The molecule has 0 aliphatic heterocycles. The molecule has 36 heavy (non-hydrogen) atoms. The largest absolute Gasteiger partial charge is 0.336 e. The van der Waals surface area contributed by atoms with Gasteiger partial charge in [0.15, 0.2) is 0 Å². The van der Waals surface area contributed by atoms with Crippen LogP contribution in [0.15, 0.2) is 90.1 Å². The minimum atomic E-state index is -1.01. The van der Waals surface area contributed by atoms with E-state index in [1.807, 2.05) is 72.3 Å². The highest BCUT2D eigenvalue weighted by Gasteiger charge is 2.37. The van der Waals surface area contributed by atoms with Crippen molar-refractivity contribution in [2.45, 2.75) is 17.7 Å². The lowest BCUT2D eigenvalue weighted by Crippen LogP contribution is -2.25. The van der Waals surface area contributed by atoms with Gasteiger partial charge in [-0.05, 0) is 71.5 Å². The van der Waals surface area contributed by atoms with E-state index in [4.69, 9.17) is 34.8 Å². The van der Waals surface area contributed by atoms with Crippen LogP contribution < -0.4 is 5.56 Å². The molecular weight excluding hydrogens is 513 g/mol. The lowest BCUT2D eigenvalue weighted by molar-refractivity contribution is 0.746. The highest BCUT2D eigenvalue weighted by atomic mass is 35.5. The maximum Gasteiger partial charge on any atom is 0.251 e. The van der Waals surface area contributed by atoms with E-state index in [9.17, 15) is 4.79 Å². The van der Waals surface area contributed by atoms with Crippen molar-refractivity contribution in [1.82, 2.24) is 14.1 Å². The third-order valence-corrected chi connectivity index (χ3v) is 7.83. The van der Waals surface area contributed by atoms with E-state index in [0.29, 0.717) is 16.5 Å². The highest BCUT2D eigenvalue weighted by Crippen LogP contribution is 2.44. The molecule has 2 heterocycles. The first-order chi connectivity index (χ1) is 17.3. The second-order valence-electron chi connectivity index (χ2n) is 8.98. The van der Waals surface area contributed by atoms with Crippen LogP contribution in [0.3, 0.4) is 0 Å². The van der Waals surface area contributed by atoms with Gasteiger partial charge >= 0.3 is 0 Å². The fourth-order valence-corrected chi connectivity index (χ4v) is 5.52. The zero-order valence-corrected chi connectivity index (χ0v) is 22.1. The van der Waals surface area contributed by atoms with Crippen molar-refractivity contribution in [3.05, 3.63) is 134 Å². The van der Waals surface area contributed by atoms with Gasteiger partial charge in [-0.25, -0.2) is 4.98 Å². The molecule has 1 unspecified atom stereocenters. The molecule has 5 rings (SSSR count). The summed E-state index contributed by atoms with van der Waals surface area (Å²) in [5, 5.41) is 2.33. The Morgan fingerprint density at radius 1 is 0.861 bits per heavy atom. The average Bonchev–Trinajstić information content (AvgIpc) is 3.31. The minimum Gasteiger partial charge on any atom is -0.336 e. The van der Waals surface area contributed by atoms with Gasteiger partial charge in [-0.3, -0.25) is 4.79 Å². The number of nitrogens with zero attached hydrogens (tertiary/aromatic N) is 3. The molecule has 0 saturated carbocycles. The minimum absolute atomic E-state index is 0.0437. The first-order valence-corrected chi connectivity index (χ1v) is 12.7. The van der Waals surface area contributed by atoms with Gasteiger partial charge < -0.3 is 9.13 Å². The molecule has 0 N–H and O–H groups in total. The molecule has 2 aromatic heterocycles. The fourth-order valence-electron chi connectivity index (χ4n) is 4.75. The molecule has 4 nitrogen and oxygen atoms in total. The molecule has 0 saturated heterocycles. The fraction of sp³-hybridized carbons (Fsp3) is 0.172. The normalized spacial score (nSPS) is 13.1. The Labute approximate surface area is 224 Å². The summed E-state index contributed by atoms with van der Waals surface area (Å²) >= 11 is 19.9. The Hall–Kier alpha value is -3.05. The van der Waals surface area contributed by atoms with Crippen LogP contribution in [0.2, 0.25) is 10.0 Å². The lowest BCUT2D eigenvalue weighted by atomic mass is 9.86. The zero-order chi connectivity index (χ0) is 25.4. The van der Waals surface area contributed by atoms with Gasteiger partial charge in [0.1, 0.15) is 4.87 Å². The Morgan fingerprint density at radius 2 is 1.61 bits per heavy atom. The van der Waals surface area contributed by atoms with Crippen LogP contribution in [-0.4, -0.2) is 14.1 Å². The molecule has 7 heteroatoms. The highest BCUT2D eigenvalue weighted by molar-refractivity contribution is 6.31. The van der Waals surface area contributed by atoms with Crippen molar-refractivity contribution in [3.8, 4) is 0 Å². The maximum absolute atomic E-state index is 12.8. The summed E-state index contributed by atoms with van der Waals surface area (Å²) in [4.78, 5) is 16.1. The van der Waals surface area contributed by atoms with E-state index in [1.54, 1.807) is 30.2 Å². The van der Waals surface area contributed by atoms with Gasteiger partial charge in [0.25, 0.3) is 5.56 Å². The van der Waals surface area contributed by atoms with Gasteiger partial charge in [0, 0.05) is 35.6 Å². The number of hydrogen-bond acceptors (Lipinski definition) is 2. The van der Waals surface area contributed by atoms with E-state index >= 15 is 0 Å². The summed E-state index contributed by atoms with van der Waals surface area (Å²) in [6.45, 7) is 0. The van der Waals surface area contributed by atoms with E-state index in [-0.39, 0.29) is 5.56 Å².